The zero-order chi connectivity index (χ0) is 10.1. The topological polar surface area (TPSA) is 15.3 Å². The van der Waals surface area contributed by atoms with E-state index in [1.165, 1.54) is 13.0 Å². The van der Waals surface area contributed by atoms with Gasteiger partial charge in [0, 0.05) is 13.1 Å². The predicted molar refractivity (Wildman–Crippen MR) is 57.7 cm³/mol. The van der Waals surface area contributed by atoms with E-state index in [0.29, 0.717) is 11.6 Å². The molecule has 0 bridgehead atoms. The third-order valence-corrected chi connectivity index (χ3v) is 3.13. The van der Waals surface area contributed by atoms with Gasteiger partial charge in [-0.3, -0.25) is 4.90 Å². The summed E-state index contributed by atoms with van der Waals surface area (Å²) < 4.78 is 0. The summed E-state index contributed by atoms with van der Waals surface area (Å²) in [6.45, 7) is 11.6. The summed E-state index contributed by atoms with van der Waals surface area (Å²) in [5, 5.41) is 3.64. The minimum Gasteiger partial charge on any atom is -0.301 e. The molecular formula is C11H24N2. The maximum absolute atomic E-state index is 3.64. The molecule has 0 amide bonds. The van der Waals surface area contributed by atoms with Gasteiger partial charge in [-0.15, -0.1) is 0 Å². The van der Waals surface area contributed by atoms with Crippen molar-refractivity contribution in [2.45, 2.75) is 40.3 Å². The number of nitrogens with one attached hydrogen (secondary N) is 1. The van der Waals surface area contributed by atoms with Crippen LogP contribution in [0.5, 0.6) is 0 Å². The van der Waals surface area contributed by atoms with Crippen LogP contribution in [0.25, 0.3) is 0 Å². The van der Waals surface area contributed by atoms with E-state index in [4.69, 9.17) is 0 Å². The molecule has 0 saturated carbocycles. The molecule has 13 heavy (non-hydrogen) atoms. The van der Waals surface area contributed by atoms with Gasteiger partial charge in [-0.05, 0) is 18.4 Å². The maximum atomic E-state index is 3.64. The Morgan fingerprint density at radius 2 is 2.15 bits per heavy atom. The fourth-order valence-electron chi connectivity index (χ4n) is 2.22. The first-order valence-electron chi connectivity index (χ1n) is 5.40. The van der Waals surface area contributed by atoms with Crippen LogP contribution in [0.15, 0.2) is 0 Å². The second kappa shape index (κ2) is 3.97. The Balaban J connectivity index is 2.53. The summed E-state index contributed by atoms with van der Waals surface area (Å²) in [6, 6.07) is 0. The van der Waals surface area contributed by atoms with E-state index in [0.717, 1.165) is 12.5 Å². The van der Waals surface area contributed by atoms with Gasteiger partial charge < -0.3 is 5.32 Å². The van der Waals surface area contributed by atoms with Crippen molar-refractivity contribution in [3.63, 3.8) is 0 Å². The average Bonchev–Trinajstić information content (AvgIpc) is 2.01. The Kier molecular flexibility index (Phi) is 3.36. The molecule has 2 atom stereocenters. The van der Waals surface area contributed by atoms with Crippen molar-refractivity contribution < 1.29 is 0 Å². The zero-order valence-corrected chi connectivity index (χ0v) is 9.72. The smallest absolute Gasteiger partial charge is 0.0621 e. The van der Waals surface area contributed by atoms with Crippen molar-refractivity contribution >= 4 is 0 Å². The zero-order valence-electron chi connectivity index (χ0n) is 9.72. The van der Waals surface area contributed by atoms with E-state index in [1.54, 1.807) is 0 Å². The van der Waals surface area contributed by atoms with Crippen molar-refractivity contribution in [2.24, 2.45) is 11.3 Å². The lowest BCUT2D eigenvalue weighted by atomic mass is 9.88. The highest BCUT2D eigenvalue weighted by Crippen LogP contribution is 2.24. The van der Waals surface area contributed by atoms with E-state index in [9.17, 15) is 0 Å². The van der Waals surface area contributed by atoms with Crippen LogP contribution in [0.4, 0.5) is 0 Å². The molecule has 1 saturated heterocycles. The van der Waals surface area contributed by atoms with Crippen LogP contribution < -0.4 is 5.32 Å². The van der Waals surface area contributed by atoms with Gasteiger partial charge >= 0.3 is 0 Å². The summed E-state index contributed by atoms with van der Waals surface area (Å²) in [5.74, 6) is 0.751. The summed E-state index contributed by atoms with van der Waals surface area (Å²) in [6.07, 6.45) is 1.83. The summed E-state index contributed by atoms with van der Waals surface area (Å²) >= 11 is 0. The number of hydrogen-bond donors (Lipinski definition) is 1. The Morgan fingerprint density at radius 3 is 2.62 bits per heavy atom. The van der Waals surface area contributed by atoms with Crippen molar-refractivity contribution in [2.75, 3.05) is 20.1 Å². The molecule has 2 unspecified atom stereocenters. The minimum atomic E-state index is 0.429. The molecule has 2 nitrogen and oxygen atoms in total. The van der Waals surface area contributed by atoms with E-state index in [2.05, 4.69) is 45.0 Å². The van der Waals surface area contributed by atoms with Crippen LogP contribution in [0, 0.1) is 11.3 Å². The van der Waals surface area contributed by atoms with Crippen LogP contribution in [0.3, 0.4) is 0 Å². The second-order valence-electron chi connectivity index (χ2n) is 5.29. The first-order valence-corrected chi connectivity index (χ1v) is 5.40. The molecule has 0 aromatic heterocycles. The van der Waals surface area contributed by atoms with Gasteiger partial charge in [0.25, 0.3) is 0 Å². The molecule has 1 aliphatic rings. The quantitative estimate of drug-likeness (QED) is 0.705. The number of hydrogen-bond acceptors (Lipinski definition) is 2. The van der Waals surface area contributed by atoms with E-state index in [1.807, 2.05) is 0 Å². The molecule has 2 heteroatoms. The van der Waals surface area contributed by atoms with Crippen molar-refractivity contribution in [3.8, 4) is 0 Å². The lowest BCUT2D eigenvalue weighted by Crippen LogP contribution is -2.59. The Morgan fingerprint density at radius 1 is 1.54 bits per heavy atom. The van der Waals surface area contributed by atoms with Crippen molar-refractivity contribution in [1.82, 2.24) is 10.2 Å². The van der Waals surface area contributed by atoms with Crippen LogP contribution in [-0.4, -0.2) is 31.2 Å². The lowest BCUT2D eigenvalue weighted by Gasteiger charge is -2.44. The van der Waals surface area contributed by atoms with Crippen molar-refractivity contribution in [3.05, 3.63) is 0 Å². The highest BCUT2D eigenvalue weighted by molar-refractivity contribution is 4.86. The SMILES string of the molecule is CCC(C)C1NCC(C)(C)CN1C. The Bertz CT molecular complexity index is 165. The van der Waals surface area contributed by atoms with Gasteiger partial charge in [-0.2, -0.15) is 0 Å². The van der Waals surface area contributed by atoms with Crippen LogP contribution >= 0.6 is 0 Å². The summed E-state index contributed by atoms with van der Waals surface area (Å²) in [7, 11) is 2.23. The third-order valence-electron chi connectivity index (χ3n) is 3.13. The normalized spacial score (nSPS) is 31.6. The van der Waals surface area contributed by atoms with E-state index >= 15 is 0 Å². The lowest BCUT2D eigenvalue weighted by molar-refractivity contribution is 0.0467. The molecule has 0 aromatic carbocycles. The Labute approximate surface area is 82.7 Å². The molecule has 1 fully saturated rings. The summed E-state index contributed by atoms with van der Waals surface area (Å²) in [5.41, 5.74) is 0.429. The predicted octanol–water partition coefficient (Wildman–Crippen LogP) is 1.92. The molecule has 1 aliphatic heterocycles. The van der Waals surface area contributed by atoms with Gasteiger partial charge in [0.15, 0.2) is 0 Å². The molecule has 0 radical (unpaired) electrons. The molecule has 1 N–H and O–H groups in total. The molecule has 1 heterocycles. The molecule has 0 aromatic rings. The molecular weight excluding hydrogens is 160 g/mol. The van der Waals surface area contributed by atoms with E-state index in [-0.39, 0.29) is 0 Å². The first kappa shape index (κ1) is 11.0. The number of rotatable bonds is 2. The molecule has 0 spiro atoms. The third kappa shape index (κ3) is 2.68. The average molecular weight is 184 g/mol. The van der Waals surface area contributed by atoms with Crippen molar-refractivity contribution in [1.29, 1.82) is 0 Å². The van der Waals surface area contributed by atoms with Gasteiger partial charge in [-0.1, -0.05) is 34.1 Å². The van der Waals surface area contributed by atoms with Gasteiger partial charge in [0.05, 0.1) is 6.17 Å². The maximum Gasteiger partial charge on any atom is 0.0621 e. The van der Waals surface area contributed by atoms with Crippen LogP contribution in [-0.2, 0) is 0 Å². The van der Waals surface area contributed by atoms with Gasteiger partial charge in [0.2, 0.25) is 0 Å². The summed E-state index contributed by atoms with van der Waals surface area (Å²) in [4.78, 5) is 2.46. The highest BCUT2D eigenvalue weighted by Gasteiger charge is 2.32. The van der Waals surface area contributed by atoms with Crippen LogP contribution in [0.2, 0.25) is 0 Å². The van der Waals surface area contributed by atoms with Gasteiger partial charge in [-0.25, -0.2) is 0 Å². The second-order valence-corrected chi connectivity index (χ2v) is 5.29. The van der Waals surface area contributed by atoms with E-state index < -0.39 is 0 Å². The molecule has 78 valence electrons. The fraction of sp³-hybridized carbons (Fsp3) is 1.00. The first-order chi connectivity index (χ1) is 5.96. The molecule has 1 rings (SSSR count). The molecule has 0 aliphatic carbocycles. The largest absolute Gasteiger partial charge is 0.301 e. The monoisotopic (exact) mass is 184 g/mol. The minimum absolute atomic E-state index is 0.429. The number of nitrogens with zero attached hydrogens (tertiary/aromatic N) is 1. The van der Waals surface area contributed by atoms with Gasteiger partial charge in [0.1, 0.15) is 0 Å². The highest BCUT2D eigenvalue weighted by atomic mass is 15.3. The fourth-order valence-corrected chi connectivity index (χ4v) is 2.22. The van der Waals surface area contributed by atoms with Crippen LogP contribution in [0.1, 0.15) is 34.1 Å². The standard InChI is InChI=1S/C11H24N2/c1-6-9(2)10-12-7-11(3,4)8-13(10)5/h9-10,12H,6-8H2,1-5H3. The Hall–Kier alpha value is -0.0800.